The van der Waals surface area contributed by atoms with Crippen LogP contribution in [0.4, 0.5) is 0 Å². The molecule has 0 spiro atoms. The number of oxazole rings is 1. The van der Waals surface area contributed by atoms with Gasteiger partial charge in [0.05, 0.1) is 4.88 Å². The van der Waals surface area contributed by atoms with Gasteiger partial charge in [-0.15, -0.1) is 11.3 Å². The van der Waals surface area contributed by atoms with Crippen LogP contribution in [-0.2, 0) is 20.9 Å². The Morgan fingerprint density at radius 1 is 1.23 bits per heavy atom. The van der Waals surface area contributed by atoms with Gasteiger partial charge < -0.3 is 14.5 Å². The average Bonchev–Trinajstić information content (AvgIpc) is 3.31. The number of nitrogens with zero attached hydrogens (tertiary/aromatic N) is 1. The third kappa shape index (κ3) is 4.67. The highest BCUT2D eigenvalue weighted by atomic mass is 32.1. The van der Waals surface area contributed by atoms with Crippen LogP contribution in [-0.4, -0.2) is 16.9 Å². The predicted octanol–water partition coefficient (Wildman–Crippen LogP) is 3.62. The van der Waals surface area contributed by atoms with Crippen molar-refractivity contribution >= 4 is 29.3 Å². The molecule has 0 unspecified atom stereocenters. The number of carbonyl (C=O) groups excluding carboxylic acids is 2. The molecule has 132 valence electrons. The highest BCUT2D eigenvalue weighted by Gasteiger charge is 2.15. The van der Waals surface area contributed by atoms with Crippen molar-refractivity contribution in [1.29, 1.82) is 0 Å². The molecule has 1 N–H and O–H groups in total. The molecule has 7 heteroatoms. The third-order valence-electron chi connectivity index (χ3n) is 3.28. The molecule has 0 aliphatic rings. The van der Waals surface area contributed by atoms with E-state index in [1.807, 2.05) is 47.8 Å². The quantitative estimate of drug-likeness (QED) is 0.531. The lowest BCUT2D eigenvalue weighted by Gasteiger charge is -2.08. The number of nitrogens with one attached hydrogen (secondary N) is 1. The summed E-state index contributed by atoms with van der Waals surface area (Å²) in [6, 6.07) is 13.0. The minimum Gasteiger partial charge on any atom is -0.454 e. The summed E-state index contributed by atoms with van der Waals surface area (Å²) in [4.78, 5) is 28.9. The van der Waals surface area contributed by atoms with Crippen molar-refractivity contribution < 1.29 is 18.7 Å². The van der Waals surface area contributed by atoms with E-state index in [1.54, 1.807) is 6.08 Å². The van der Waals surface area contributed by atoms with E-state index in [1.165, 1.54) is 24.5 Å². The van der Waals surface area contributed by atoms with Gasteiger partial charge >= 0.3 is 5.97 Å². The molecule has 0 saturated heterocycles. The van der Waals surface area contributed by atoms with E-state index in [4.69, 9.17) is 9.15 Å². The van der Waals surface area contributed by atoms with Crippen molar-refractivity contribution in [3.8, 4) is 10.8 Å². The molecular weight excluding hydrogens is 352 g/mol. The highest BCUT2D eigenvalue weighted by Crippen LogP contribution is 2.23. The van der Waals surface area contributed by atoms with Crippen molar-refractivity contribution in [1.82, 2.24) is 10.3 Å². The number of hydrogen-bond acceptors (Lipinski definition) is 6. The van der Waals surface area contributed by atoms with Gasteiger partial charge in [0.1, 0.15) is 24.3 Å². The molecule has 1 aromatic carbocycles. The standard InChI is InChI=1S/C19H16N2O4S/c1-13(22)20-16(10-14-6-3-2-4-7-14)19(23)25-12-15-11-24-18(21-15)17-8-5-9-26-17/h2-11H,12H2,1H3,(H,20,22)/b16-10+. The average molecular weight is 368 g/mol. The molecule has 0 bridgehead atoms. The summed E-state index contributed by atoms with van der Waals surface area (Å²) in [6.45, 7) is 1.27. The maximum absolute atomic E-state index is 12.3. The number of carbonyl (C=O) groups is 2. The normalized spacial score (nSPS) is 11.2. The summed E-state index contributed by atoms with van der Waals surface area (Å²) < 4.78 is 10.6. The molecule has 1 amide bonds. The van der Waals surface area contributed by atoms with Crippen molar-refractivity contribution in [2.45, 2.75) is 13.5 Å². The molecule has 26 heavy (non-hydrogen) atoms. The van der Waals surface area contributed by atoms with Gasteiger partial charge in [0.2, 0.25) is 11.8 Å². The fraction of sp³-hybridized carbons (Fsp3) is 0.105. The van der Waals surface area contributed by atoms with E-state index in [2.05, 4.69) is 10.3 Å². The number of thiophene rings is 1. The summed E-state index contributed by atoms with van der Waals surface area (Å²) in [5.41, 5.74) is 1.32. The van der Waals surface area contributed by atoms with Crippen molar-refractivity contribution in [3.63, 3.8) is 0 Å². The van der Waals surface area contributed by atoms with Gasteiger partial charge in [-0.3, -0.25) is 4.79 Å². The molecule has 0 radical (unpaired) electrons. The van der Waals surface area contributed by atoms with Gasteiger partial charge in [-0.2, -0.15) is 0 Å². The number of rotatable bonds is 6. The molecule has 0 fully saturated rings. The lowest BCUT2D eigenvalue weighted by molar-refractivity contribution is -0.141. The lowest BCUT2D eigenvalue weighted by Crippen LogP contribution is -2.26. The molecule has 6 nitrogen and oxygen atoms in total. The van der Waals surface area contributed by atoms with Crippen LogP contribution < -0.4 is 5.32 Å². The molecule has 3 aromatic rings. The topological polar surface area (TPSA) is 81.4 Å². The maximum Gasteiger partial charge on any atom is 0.355 e. The highest BCUT2D eigenvalue weighted by molar-refractivity contribution is 7.13. The monoisotopic (exact) mass is 368 g/mol. The smallest absolute Gasteiger partial charge is 0.355 e. The van der Waals surface area contributed by atoms with Crippen LogP contribution in [0.5, 0.6) is 0 Å². The SMILES string of the molecule is CC(=O)N/C(=C/c1ccccc1)C(=O)OCc1coc(-c2cccs2)n1. The predicted molar refractivity (Wildman–Crippen MR) is 97.8 cm³/mol. The van der Waals surface area contributed by atoms with E-state index in [0.29, 0.717) is 11.6 Å². The Morgan fingerprint density at radius 3 is 2.73 bits per heavy atom. The van der Waals surface area contributed by atoms with Crippen molar-refractivity contribution in [3.05, 3.63) is 71.1 Å². The van der Waals surface area contributed by atoms with Gasteiger partial charge in [0.25, 0.3) is 0 Å². The number of esters is 1. The second-order valence-electron chi connectivity index (χ2n) is 5.35. The summed E-state index contributed by atoms with van der Waals surface area (Å²) in [5.74, 6) is -0.525. The van der Waals surface area contributed by atoms with E-state index < -0.39 is 5.97 Å². The van der Waals surface area contributed by atoms with E-state index in [0.717, 1.165) is 10.4 Å². The number of aromatic nitrogens is 1. The first-order valence-electron chi connectivity index (χ1n) is 7.81. The second-order valence-corrected chi connectivity index (χ2v) is 6.30. The summed E-state index contributed by atoms with van der Waals surface area (Å²) in [6.07, 6.45) is 3.00. The summed E-state index contributed by atoms with van der Waals surface area (Å²) >= 11 is 1.51. The number of hydrogen-bond donors (Lipinski definition) is 1. The Balaban J connectivity index is 1.68. The summed E-state index contributed by atoms with van der Waals surface area (Å²) in [7, 11) is 0. The number of amides is 1. The summed E-state index contributed by atoms with van der Waals surface area (Å²) in [5, 5.41) is 4.42. The third-order valence-corrected chi connectivity index (χ3v) is 4.13. The maximum atomic E-state index is 12.3. The Bertz CT molecular complexity index is 914. The molecule has 0 aliphatic heterocycles. The van der Waals surface area contributed by atoms with Gasteiger partial charge in [-0.05, 0) is 23.1 Å². The van der Waals surface area contributed by atoms with Gasteiger partial charge in [-0.1, -0.05) is 36.4 Å². The molecule has 3 rings (SSSR count). The van der Waals surface area contributed by atoms with Crippen LogP contribution in [0.15, 0.2) is 64.2 Å². The van der Waals surface area contributed by atoms with Gasteiger partial charge in [-0.25, -0.2) is 9.78 Å². The number of ether oxygens (including phenoxy) is 1. The van der Waals surface area contributed by atoms with Crippen LogP contribution in [0.1, 0.15) is 18.2 Å². The zero-order valence-electron chi connectivity index (χ0n) is 14.0. The Hall–Kier alpha value is -3.19. The fourth-order valence-electron chi connectivity index (χ4n) is 2.16. The van der Waals surface area contributed by atoms with Crippen LogP contribution in [0, 0.1) is 0 Å². The Labute approximate surface area is 154 Å². The van der Waals surface area contributed by atoms with Crippen LogP contribution >= 0.6 is 11.3 Å². The van der Waals surface area contributed by atoms with Crippen LogP contribution in [0.25, 0.3) is 16.8 Å². The first-order valence-corrected chi connectivity index (χ1v) is 8.69. The Morgan fingerprint density at radius 2 is 2.04 bits per heavy atom. The van der Waals surface area contributed by atoms with Crippen molar-refractivity contribution in [2.24, 2.45) is 0 Å². The molecular formula is C19H16N2O4S. The van der Waals surface area contributed by atoms with E-state index in [9.17, 15) is 9.59 Å². The molecule has 0 saturated carbocycles. The van der Waals surface area contributed by atoms with Gasteiger partial charge in [0.15, 0.2) is 0 Å². The van der Waals surface area contributed by atoms with E-state index >= 15 is 0 Å². The van der Waals surface area contributed by atoms with E-state index in [-0.39, 0.29) is 18.2 Å². The molecule has 2 aromatic heterocycles. The lowest BCUT2D eigenvalue weighted by atomic mass is 10.2. The molecule has 0 atom stereocenters. The minimum atomic E-state index is -0.648. The zero-order chi connectivity index (χ0) is 18.4. The number of benzene rings is 1. The zero-order valence-corrected chi connectivity index (χ0v) is 14.8. The second kappa shape index (κ2) is 8.26. The van der Waals surface area contributed by atoms with Crippen LogP contribution in [0.2, 0.25) is 0 Å². The Kier molecular flexibility index (Phi) is 5.60. The first-order chi connectivity index (χ1) is 12.6. The molecule has 2 heterocycles. The van der Waals surface area contributed by atoms with Crippen LogP contribution in [0.3, 0.4) is 0 Å². The fourth-order valence-corrected chi connectivity index (χ4v) is 2.81. The molecule has 0 aliphatic carbocycles. The first kappa shape index (κ1) is 17.6. The van der Waals surface area contributed by atoms with Gasteiger partial charge in [0, 0.05) is 6.92 Å². The largest absolute Gasteiger partial charge is 0.454 e. The minimum absolute atomic E-state index is 0.0561. The van der Waals surface area contributed by atoms with Crippen molar-refractivity contribution in [2.75, 3.05) is 0 Å².